The Kier molecular flexibility index (Phi) is 8.15. The van der Waals surface area contributed by atoms with Crippen LogP contribution in [0, 0.1) is 5.92 Å². The van der Waals surface area contributed by atoms with Gasteiger partial charge in [-0.05, 0) is 55.7 Å². The molecule has 0 aliphatic heterocycles. The minimum Gasteiger partial charge on any atom is -0.348 e. The molecule has 1 fully saturated rings. The van der Waals surface area contributed by atoms with Crippen molar-refractivity contribution >= 4 is 30.1 Å². The first-order valence-electron chi connectivity index (χ1n) is 7.42. The number of halogens is 1. The third-order valence-corrected chi connectivity index (χ3v) is 4.38. The maximum Gasteiger partial charge on any atom is 0.234 e. The van der Waals surface area contributed by atoms with Crippen molar-refractivity contribution in [1.29, 1.82) is 0 Å². The Morgan fingerprint density at radius 1 is 1.33 bits per heavy atom. The van der Waals surface area contributed by atoms with Gasteiger partial charge in [0.2, 0.25) is 5.91 Å². The molecule has 1 atom stereocenters. The molecule has 1 saturated carbocycles. The van der Waals surface area contributed by atoms with Crippen molar-refractivity contribution in [2.75, 3.05) is 18.8 Å². The number of amides is 1. The van der Waals surface area contributed by atoms with Gasteiger partial charge in [-0.1, -0.05) is 19.1 Å². The fraction of sp³-hybridized carbons (Fsp3) is 0.562. The zero-order valence-corrected chi connectivity index (χ0v) is 14.4. The highest BCUT2D eigenvalue weighted by molar-refractivity contribution is 7.99. The molecule has 1 unspecified atom stereocenters. The summed E-state index contributed by atoms with van der Waals surface area (Å²) in [4.78, 5) is 13.1. The van der Waals surface area contributed by atoms with E-state index in [-0.39, 0.29) is 24.4 Å². The summed E-state index contributed by atoms with van der Waals surface area (Å²) < 4.78 is 0. The topological polar surface area (TPSA) is 41.1 Å². The molecular formula is C16H25ClN2OS. The smallest absolute Gasteiger partial charge is 0.234 e. The van der Waals surface area contributed by atoms with Crippen molar-refractivity contribution in [1.82, 2.24) is 10.6 Å². The Bertz CT molecular complexity index is 434. The first-order valence-corrected chi connectivity index (χ1v) is 8.40. The molecule has 0 spiro atoms. The van der Waals surface area contributed by atoms with Gasteiger partial charge in [-0.2, -0.15) is 0 Å². The van der Waals surface area contributed by atoms with Gasteiger partial charge in [0.1, 0.15) is 0 Å². The van der Waals surface area contributed by atoms with Gasteiger partial charge in [-0.3, -0.25) is 4.79 Å². The van der Waals surface area contributed by atoms with Crippen LogP contribution in [0.3, 0.4) is 0 Å². The van der Waals surface area contributed by atoms with E-state index >= 15 is 0 Å². The molecule has 0 heterocycles. The lowest BCUT2D eigenvalue weighted by Gasteiger charge is -2.15. The number of benzene rings is 1. The predicted molar refractivity (Wildman–Crippen MR) is 92.2 cm³/mol. The molecule has 3 nitrogen and oxygen atoms in total. The lowest BCUT2D eigenvalue weighted by Crippen LogP contribution is -2.36. The van der Waals surface area contributed by atoms with Crippen LogP contribution in [0.25, 0.3) is 0 Å². The summed E-state index contributed by atoms with van der Waals surface area (Å²) in [6.07, 6.45) is 2.63. The molecule has 0 radical (unpaired) electrons. The zero-order valence-electron chi connectivity index (χ0n) is 12.7. The van der Waals surface area contributed by atoms with Crippen LogP contribution in [0.15, 0.2) is 29.2 Å². The fourth-order valence-electron chi connectivity index (χ4n) is 2.11. The van der Waals surface area contributed by atoms with Crippen LogP contribution in [0.4, 0.5) is 0 Å². The summed E-state index contributed by atoms with van der Waals surface area (Å²) in [7, 11) is 0. The van der Waals surface area contributed by atoms with E-state index in [4.69, 9.17) is 0 Å². The standard InChI is InChI=1S/C16H24N2OS.ClH/c1-3-20-15-8-6-14(7-9-15)12(2)18-16(19)11-17-10-13-4-5-13;/h6-9,12-13,17H,3-5,10-11H2,1-2H3,(H,18,19);1H. The average Bonchev–Trinajstić information content (AvgIpc) is 3.24. The second-order valence-electron chi connectivity index (χ2n) is 5.37. The van der Waals surface area contributed by atoms with Crippen LogP contribution in [0.2, 0.25) is 0 Å². The highest BCUT2D eigenvalue weighted by Gasteiger charge is 2.20. The minimum absolute atomic E-state index is 0. The highest BCUT2D eigenvalue weighted by Crippen LogP contribution is 2.27. The number of nitrogens with one attached hydrogen (secondary N) is 2. The van der Waals surface area contributed by atoms with Crippen LogP contribution in [-0.2, 0) is 4.79 Å². The molecule has 0 saturated heterocycles. The number of rotatable bonds is 8. The quantitative estimate of drug-likeness (QED) is 0.719. The van der Waals surface area contributed by atoms with Gasteiger partial charge in [0.25, 0.3) is 0 Å². The second kappa shape index (κ2) is 9.34. The fourth-order valence-corrected chi connectivity index (χ4v) is 2.77. The molecule has 1 aromatic carbocycles. The van der Waals surface area contributed by atoms with E-state index < -0.39 is 0 Å². The summed E-state index contributed by atoms with van der Waals surface area (Å²) in [6, 6.07) is 8.50. The van der Waals surface area contributed by atoms with Gasteiger partial charge in [0.05, 0.1) is 12.6 Å². The number of carbonyl (C=O) groups excluding carboxylic acids is 1. The molecule has 118 valence electrons. The van der Waals surface area contributed by atoms with Crippen LogP contribution < -0.4 is 10.6 Å². The Morgan fingerprint density at radius 2 is 2.00 bits per heavy atom. The van der Waals surface area contributed by atoms with Crippen molar-refractivity contribution in [3.63, 3.8) is 0 Å². The first-order chi connectivity index (χ1) is 9.69. The minimum atomic E-state index is 0. The third kappa shape index (κ3) is 6.72. The SMILES string of the molecule is CCSc1ccc(C(C)NC(=O)CNCC2CC2)cc1.Cl. The molecule has 5 heteroatoms. The van der Waals surface area contributed by atoms with E-state index in [1.165, 1.54) is 17.7 Å². The Balaban J connectivity index is 0.00000220. The third-order valence-electron chi connectivity index (χ3n) is 3.48. The van der Waals surface area contributed by atoms with E-state index in [1.54, 1.807) is 0 Å². The lowest BCUT2D eigenvalue weighted by molar-refractivity contribution is -0.120. The number of thioether (sulfide) groups is 1. The van der Waals surface area contributed by atoms with E-state index in [9.17, 15) is 4.79 Å². The van der Waals surface area contributed by atoms with Crippen LogP contribution in [0.1, 0.15) is 38.3 Å². The van der Waals surface area contributed by atoms with Crippen molar-refractivity contribution in [2.24, 2.45) is 5.92 Å². The highest BCUT2D eigenvalue weighted by atomic mass is 35.5. The lowest BCUT2D eigenvalue weighted by atomic mass is 10.1. The van der Waals surface area contributed by atoms with Gasteiger partial charge in [0.15, 0.2) is 0 Å². The van der Waals surface area contributed by atoms with Crippen molar-refractivity contribution in [3.8, 4) is 0 Å². The monoisotopic (exact) mass is 328 g/mol. The molecule has 0 bridgehead atoms. The van der Waals surface area contributed by atoms with Crippen LogP contribution in [-0.4, -0.2) is 24.7 Å². The molecule has 1 aliphatic rings. The molecule has 2 rings (SSSR count). The number of carbonyl (C=O) groups is 1. The normalized spacial score (nSPS) is 15.1. The maximum absolute atomic E-state index is 11.8. The molecule has 1 amide bonds. The molecule has 1 aromatic rings. The van der Waals surface area contributed by atoms with Crippen LogP contribution >= 0.6 is 24.2 Å². The Labute approximate surface area is 138 Å². The van der Waals surface area contributed by atoms with E-state index in [2.05, 4.69) is 41.8 Å². The predicted octanol–water partition coefficient (Wildman–Crippen LogP) is 3.40. The van der Waals surface area contributed by atoms with Crippen molar-refractivity contribution in [2.45, 2.75) is 37.6 Å². The van der Waals surface area contributed by atoms with E-state index in [1.807, 2.05) is 18.7 Å². The van der Waals surface area contributed by atoms with Gasteiger partial charge >= 0.3 is 0 Å². The number of hydrogen-bond acceptors (Lipinski definition) is 3. The summed E-state index contributed by atoms with van der Waals surface area (Å²) in [5.74, 6) is 1.96. The summed E-state index contributed by atoms with van der Waals surface area (Å²) in [5, 5.41) is 6.25. The molecule has 2 N–H and O–H groups in total. The first kappa shape index (κ1) is 18.3. The van der Waals surface area contributed by atoms with Gasteiger partial charge < -0.3 is 10.6 Å². The average molecular weight is 329 g/mol. The summed E-state index contributed by atoms with van der Waals surface area (Å²) >= 11 is 1.83. The van der Waals surface area contributed by atoms with E-state index in [0.717, 1.165) is 23.8 Å². The molecule has 1 aliphatic carbocycles. The van der Waals surface area contributed by atoms with Gasteiger partial charge in [0, 0.05) is 4.90 Å². The van der Waals surface area contributed by atoms with Crippen molar-refractivity contribution in [3.05, 3.63) is 29.8 Å². The van der Waals surface area contributed by atoms with Crippen molar-refractivity contribution < 1.29 is 4.79 Å². The summed E-state index contributed by atoms with van der Waals surface area (Å²) in [5.41, 5.74) is 1.15. The number of hydrogen-bond donors (Lipinski definition) is 2. The summed E-state index contributed by atoms with van der Waals surface area (Å²) in [6.45, 7) is 5.58. The molecule has 0 aromatic heterocycles. The van der Waals surface area contributed by atoms with Gasteiger partial charge in [-0.15, -0.1) is 24.2 Å². The largest absolute Gasteiger partial charge is 0.348 e. The molecule has 21 heavy (non-hydrogen) atoms. The zero-order chi connectivity index (χ0) is 14.4. The Hall–Kier alpha value is -0.710. The molecular weight excluding hydrogens is 304 g/mol. The Morgan fingerprint density at radius 3 is 2.57 bits per heavy atom. The second-order valence-corrected chi connectivity index (χ2v) is 6.70. The maximum atomic E-state index is 11.8. The van der Waals surface area contributed by atoms with Gasteiger partial charge in [-0.25, -0.2) is 0 Å². The van der Waals surface area contributed by atoms with Crippen LogP contribution in [0.5, 0.6) is 0 Å². The van der Waals surface area contributed by atoms with E-state index in [0.29, 0.717) is 6.54 Å².